The van der Waals surface area contributed by atoms with E-state index in [0.29, 0.717) is 5.92 Å². The van der Waals surface area contributed by atoms with Gasteiger partial charge < -0.3 is 5.32 Å². The Kier molecular flexibility index (Phi) is 5.48. The highest BCUT2D eigenvalue weighted by Crippen LogP contribution is 2.15. The zero-order chi connectivity index (χ0) is 15.9. The third kappa shape index (κ3) is 4.55. The van der Waals surface area contributed by atoms with Gasteiger partial charge >= 0.3 is 0 Å². The second-order valence-electron chi connectivity index (χ2n) is 5.64. The standard InChI is InChI=1S/C19H22N2O/c1-14(2)17-10-7-16(8-11-17)9-12-19(22)21-15(3)18-6-4-5-13-20-18/h4-15H,1-3H3,(H,21,22)/b12-9+. The number of nitrogens with one attached hydrogen (secondary N) is 1. The van der Waals surface area contributed by atoms with Gasteiger partial charge in [-0.1, -0.05) is 44.2 Å². The van der Waals surface area contributed by atoms with E-state index < -0.39 is 0 Å². The van der Waals surface area contributed by atoms with E-state index in [1.54, 1.807) is 12.3 Å². The van der Waals surface area contributed by atoms with Crippen LogP contribution in [0.2, 0.25) is 0 Å². The van der Waals surface area contributed by atoms with E-state index in [4.69, 9.17) is 0 Å². The molecule has 22 heavy (non-hydrogen) atoms. The van der Waals surface area contributed by atoms with Gasteiger partial charge in [-0.3, -0.25) is 9.78 Å². The minimum Gasteiger partial charge on any atom is -0.344 e. The molecular weight excluding hydrogens is 272 g/mol. The molecule has 2 aromatic rings. The van der Waals surface area contributed by atoms with Crippen molar-refractivity contribution in [2.45, 2.75) is 32.7 Å². The van der Waals surface area contributed by atoms with Crippen LogP contribution in [0, 0.1) is 0 Å². The first-order valence-electron chi connectivity index (χ1n) is 7.55. The molecule has 1 aromatic carbocycles. The fraction of sp³-hybridized carbons (Fsp3) is 0.263. The lowest BCUT2D eigenvalue weighted by Gasteiger charge is -2.11. The van der Waals surface area contributed by atoms with Crippen molar-refractivity contribution in [2.75, 3.05) is 0 Å². The van der Waals surface area contributed by atoms with Gasteiger partial charge in [0.05, 0.1) is 11.7 Å². The maximum atomic E-state index is 11.9. The fourth-order valence-electron chi connectivity index (χ4n) is 2.13. The first kappa shape index (κ1) is 16.0. The summed E-state index contributed by atoms with van der Waals surface area (Å²) in [6.45, 7) is 6.25. The van der Waals surface area contributed by atoms with Crippen LogP contribution in [0.4, 0.5) is 0 Å². The largest absolute Gasteiger partial charge is 0.344 e. The quantitative estimate of drug-likeness (QED) is 0.844. The Hall–Kier alpha value is -2.42. The second-order valence-corrected chi connectivity index (χ2v) is 5.64. The first-order valence-corrected chi connectivity index (χ1v) is 7.55. The average Bonchev–Trinajstić information content (AvgIpc) is 2.54. The van der Waals surface area contributed by atoms with Crippen LogP contribution in [0.3, 0.4) is 0 Å². The molecule has 1 N–H and O–H groups in total. The lowest BCUT2D eigenvalue weighted by atomic mass is 10.0. The smallest absolute Gasteiger partial charge is 0.244 e. The maximum Gasteiger partial charge on any atom is 0.244 e. The van der Waals surface area contributed by atoms with E-state index >= 15 is 0 Å². The summed E-state index contributed by atoms with van der Waals surface area (Å²) in [6.07, 6.45) is 5.11. The van der Waals surface area contributed by atoms with Crippen molar-refractivity contribution in [1.29, 1.82) is 0 Å². The number of hydrogen-bond donors (Lipinski definition) is 1. The van der Waals surface area contributed by atoms with Crippen LogP contribution in [-0.4, -0.2) is 10.9 Å². The number of aromatic nitrogens is 1. The van der Waals surface area contributed by atoms with Crippen LogP contribution in [0.1, 0.15) is 49.6 Å². The number of rotatable bonds is 5. The number of nitrogens with zero attached hydrogens (tertiary/aromatic N) is 1. The van der Waals surface area contributed by atoms with Crippen molar-refractivity contribution in [3.05, 3.63) is 71.6 Å². The number of benzene rings is 1. The molecular formula is C19H22N2O. The number of hydrogen-bond acceptors (Lipinski definition) is 2. The summed E-state index contributed by atoms with van der Waals surface area (Å²) in [7, 11) is 0. The van der Waals surface area contributed by atoms with Gasteiger partial charge in [0.1, 0.15) is 0 Å². The van der Waals surface area contributed by atoms with Crippen molar-refractivity contribution in [2.24, 2.45) is 0 Å². The number of amides is 1. The number of carbonyl (C=O) groups excluding carboxylic acids is 1. The molecule has 0 fully saturated rings. The van der Waals surface area contributed by atoms with Crippen LogP contribution < -0.4 is 5.32 Å². The Morgan fingerprint density at radius 3 is 2.41 bits per heavy atom. The Bertz CT molecular complexity index is 630. The highest BCUT2D eigenvalue weighted by molar-refractivity contribution is 5.91. The predicted molar refractivity (Wildman–Crippen MR) is 90.4 cm³/mol. The molecule has 1 unspecified atom stereocenters. The third-order valence-corrected chi connectivity index (χ3v) is 3.52. The normalized spacial score (nSPS) is 12.5. The van der Waals surface area contributed by atoms with Gasteiger partial charge in [0.2, 0.25) is 5.91 Å². The maximum absolute atomic E-state index is 11.9. The van der Waals surface area contributed by atoms with E-state index in [1.165, 1.54) is 5.56 Å². The molecule has 0 aliphatic heterocycles. The molecule has 3 nitrogen and oxygen atoms in total. The molecule has 1 atom stereocenters. The van der Waals surface area contributed by atoms with Gasteiger partial charge in [0.15, 0.2) is 0 Å². The zero-order valence-electron chi connectivity index (χ0n) is 13.3. The SMILES string of the molecule is CC(C)c1ccc(/C=C/C(=O)NC(C)c2ccccn2)cc1. The monoisotopic (exact) mass is 294 g/mol. The lowest BCUT2D eigenvalue weighted by molar-refractivity contribution is -0.117. The van der Waals surface area contributed by atoms with Gasteiger partial charge in [-0.15, -0.1) is 0 Å². The van der Waals surface area contributed by atoms with E-state index in [1.807, 2.05) is 43.3 Å². The Balaban J connectivity index is 1.93. The third-order valence-electron chi connectivity index (χ3n) is 3.52. The van der Waals surface area contributed by atoms with E-state index in [-0.39, 0.29) is 11.9 Å². The van der Waals surface area contributed by atoms with Crippen molar-refractivity contribution < 1.29 is 4.79 Å². The van der Waals surface area contributed by atoms with Crippen LogP contribution in [0.5, 0.6) is 0 Å². The molecule has 0 aliphatic carbocycles. The van der Waals surface area contributed by atoms with Crippen molar-refractivity contribution in [1.82, 2.24) is 10.3 Å². The number of pyridine rings is 1. The minimum atomic E-state index is -0.119. The lowest BCUT2D eigenvalue weighted by Crippen LogP contribution is -2.25. The zero-order valence-corrected chi connectivity index (χ0v) is 13.3. The summed E-state index contributed by atoms with van der Waals surface area (Å²) in [4.78, 5) is 16.2. The van der Waals surface area contributed by atoms with Crippen LogP contribution >= 0.6 is 0 Å². The summed E-state index contributed by atoms with van der Waals surface area (Å²) >= 11 is 0. The summed E-state index contributed by atoms with van der Waals surface area (Å²) in [6, 6.07) is 13.8. The van der Waals surface area contributed by atoms with Crippen molar-refractivity contribution >= 4 is 12.0 Å². The molecule has 0 aliphatic rings. The summed E-state index contributed by atoms with van der Waals surface area (Å²) < 4.78 is 0. The van der Waals surface area contributed by atoms with Gasteiger partial charge in [-0.2, -0.15) is 0 Å². The minimum absolute atomic E-state index is 0.110. The predicted octanol–water partition coefficient (Wildman–Crippen LogP) is 4.10. The van der Waals surface area contributed by atoms with Crippen LogP contribution in [0.25, 0.3) is 6.08 Å². The molecule has 3 heteroatoms. The molecule has 0 radical (unpaired) electrons. The highest BCUT2D eigenvalue weighted by Gasteiger charge is 2.07. The molecule has 1 amide bonds. The molecule has 0 saturated heterocycles. The summed E-state index contributed by atoms with van der Waals surface area (Å²) in [5.74, 6) is 0.395. The molecule has 2 rings (SSSR count). The van der Waals surface area contributed by atoms with Crippen molar-refractivity contribution in [3.8, 4) is 0 Å². The second kappa shape index (κ2) is 7.55. The summed E-state index contributed by atoms with van der Waals surface area (Å²) in [5, 5.41) is 2.91. The van der Waals surface area contributed by atoms with Gasteiger partial charge in [-0.05, 0) is 42.2 Å². The molecule has 1 aromatic heterocycles. The van der Waals surface area contributed by atoms with Crippen LogP contribution in [0.15, 0.2) is 54.7 Å². The van der Waals surface area contributed by atoms with Gasteiger partial charge in [0, 0.05) is 12.3 Å². The molecule has 0 bridgehead atoms. The molecule has 114 valence electrons. The van der Waals surface area contributed by atoms with E-state index in [0.717, 1.165) is 11.3 Å². The molecule has 1 heterocycles. The molecule has 0 spiro atoms. The first-order chi connectivity index (χ1) is 10.6. The fourth-order valence-corrected chi connectivity index (χ4v) is 2.13. The average molecular weight is 294 g/mol. The van der Waals surface area contributed by atoms with E-state index in [9.17, 15) is 4.79 Å². The van der Waals surface area contributed by atoms with Crippen molar-refractivity contribution in [3.63, 3.8) is 0 Å². The summed E-state index contributed by atoms with van der Waals surface area (Å²) in [5.41, 5.74) is 3.17. The van der Waals surface area contributed by atoms with Gasteiger partial charge in [-0.25, -0.2) is 0 Å². The molecule has 0 saturated carbocycles. The van der Waals surface area contributed by atoms with Crippen LogP contribution in [-0.2, 0) is 4.79 Å². The number of carbonyl (C=O) groups is 1. The Morgan fingerprint density at radius 2 is 1.82 bits per heavy atom. The topological polar surface area (TPSA) is 42.0 Å². The van der Waals surface area contributed by atoms with E-state index in [2.05, 4.69) is 36.3 Å². The van der Waals surface area contributed by atoms with Gasteiger partial charge in [0.25, 0.3) is 0 Å². The highest BCUT2D eigenvalue weighted by atomic mass is 16.1. The Labute approximate surface area is 132 Å². The Morgan fingerprint density at radius 1 is 1.09 bits per heavy atom.